The molecule has 7 nitrogen and oxygen atoms in total. The molecule has 0 aliphatic carbocycles. The molecule has 2 aliphatic rings. The average Bonchev–Trinajstić information content (AvgIpc) is 2.71. The highest BCUT2D eigenvalue weighted by atomic mass is 32.2. The second kappa shape index (κ2) is 10.1. The number of sulfonamides is 1. The van der Waals surface area contributed by atoms with E-state index in [4.69, 9.17) is 0 Å². The zero-order valence-electron chi connectivity index (χ0n) is 17.2. The second-order valence-corrected chi connectivity index (χ2v) is 9.90. The molecule has 0 spiro atoms. The average molecular weight is 445 g/mol. The number of carbonyl (C=O) groups excluding carboxylic acids is 1. The van der Waals surface area contributed by atoms with Crippen molar-refractivity contribution >= 4 is 15.9 Å². The van der Waals surface area contributed by atoms with E-state index >= 15 is 0 Å². The van der Waals surface area contributed by atoms with Crippen molar-refractivity contribution in [1.82, 2.24) is 19.8 Å². The van der Waals surface area contributed by atoms with Crippen molar-refractivity contribution in [3.05, 3.63) is 29.8 Å². The standard InChI is InChI=1S/C20H30F2N4O3S/c1-25-10-7-16(8-11-25)26-12-5-15(6-13-26)24-20(27)4-9-23-30(28,29)17-2-3-18(21)19(22)14-17/h2-3,14-16,23H,4-13H2,1H3,(H,24,27). The predicted octanol–water partition coefficient (Wildman–Crippen LogP) is 1.31. The molecule has 2 N–H and O–H groups in total. The highest BCUT2D eigenvalue weighted by Crippen LogP contribution is 2.20. The van der Waals surface area contributed by atoms with E-state index in [1.807, 2.05) is 0 Å². The van der Waals surface area contributed by atoms with Crippen LogP contribution in [0.4, 0.5) is 8.78 Å². The van der Waals surface area contributed by atoms with Crippen LogP contribution in [0.5, 0.6) is 0 Å². The Morgan fingerprint density at radius 1 is 1.07 bits per heavy atom. The zero-order valence-corrected chi connectivity index (χ0v) is 18.1. The Kier molecular flexibility index (Phi) is 7.78. The molecule has 1 aromatic carbocycles. The Morgan fingerprint density at radius 3 is 2.37 bits per heavy atom. The summed E-state index contributed by atoms with van der Waals surface area (Å²) < 4.78 is 52.7. The lowest BCUT2D eigenvalue weighted by Gasteiger charge is -2.41. The first-order valence-electron chi connectivity index (χ1n) is 10.4. The van der Waals surface area contributed by atoms with Crippen LogP contribution in [0.2, 0.25) is 0 Å². The number of carbonyl (C=O) groups is 1. The normalized spacial score (nSPS) is 20.4. The molecule has 1 aromatic rings. The van der Waals surface area contributed by atoms with Gasteiger partial charge in [0.1, 0.15) is 0 Å². The number of halogens is 2. The van der Waals surface area contributed by atoms with Gasteiger partial charge in [-0.05, 0) is 64.0 Å². The Balaban J connectivity index is 1.37. The fourth-order valence-corrected chi connectivity index (χ4v) is 5.14. The summed E-state index contributed by atoms with van der Waals surface area (Å²) in [6, 6.07) is 3.09. The fraction of sp³-hybridized carbons (Fsp3) is 0.650. The molecule has 2 fully saturated rings. The minimum Gasteiger partial charge on any atom is -0.353 e. The van der Waals surface area contributed by atoms with E-state index < -0.39 is 21.7 Å². The number of amides is 1. The van der Waals surface area contributed by atoms with Gasteiger partial charge in [0, 0.05) is 38.1 Å². The van der Waals surface area contributed by atoms with Crippen LogP contribution in [0.1, 0.15) is 32.1 Å². The van der Waals surface area contributed by atoms with Crippen molar-refractivity contribution in [2.75, 3.05) is 39.8 Å². The number of hydrogen-bond acceptors (Lipinski definition) is 5. The number of benzene rings is 1. The number of likely N-dealkylation sites (tertiary alicyclic amines) is 2. The van der Waals surface area contributed by atoms with Crippen LogP contribution in [0.15, 0.2) is 23.1 Å². The maximum absolute atomic E-state index is 13.2. The van der Waals surface area contributed by atoms with Gasteiger partial charge in [-0.1, -0.05) is 0 Å². The van der Waals surface area contributed by atoms with Crippen molar-refractivity contribution in [2.24, 2.45) is 0 Å². The highest BCUT2D eigenvalue weighted by molar-refractivity contribution is 7.89. The van der Waals surface area contributed by atoms with Crippen LogP contribution in [0, 0.1) is 11.6 Å². The molecule has 0 bridgehead atoms. The number of nitrogens with one attached hydrogen (secondary N) is 2. The van der Waals surface area contributed by atoms with E-state index in [9.17, 15) is 22.0 Å². The van der Waals surface area contributed by atoms with E-state index in [0.29, 0.717) is 12.1 Å². The summed E-state index contributed by atoms with van der Waals surface area (Å²) in [4.78, 5) is 16.7. The Morgan fingerprint density at radius 2 is 1.73 bits per heavy atom. The summed E-state index contributed by atoms with van der Waals surface area (Å²) in [7, 11) is -1.85. The molecular formula is C20H30F2N4O3S. The maximum atomic E-state index is 13.2. The van der Waals surface area contributed by atoms with Gasteiger partial charge in [-0.3, -0.25) is 4.79 Å². The van der Waals surface area contributed by atoms with Crippen LogP contribution in [-0.2, 0) is 14.8 Å². The third kappa shape index (κ3) is 6.19. The first-order chi connectivity index (χ1) is 14.2. The van der Waals surface area contributed by atoms with Crippen LogP contribution >= 0.6 is 0 Å². The summed E-state index contributed by atoms with van der Waals surface area (Å²) in [6.07, 6.45) is 4.13. The van der Waals surface area contributed by atoms with Gasteiger partial charge in [0.2, 0.25) is 15.9 Å². The number of hydrogen-bond donors (Lipinski definition) is 2. The van der Waals surface area contributed by atoms with E-state index in [2.05, 4.69) is 26.9 Å². The molecule has 0 aromatic heterocycles. The molecule has 0 saturated carbocycles. The van der Waals surface area contributed by atoms with Crippen LogP contribution < -0.4 is 10.0 Å². The van der Waals surface area contributed by atoms with Crippen molar-refractivity contribution < 1.29 is 22.0 Å². The summed E-state index contributed by atoms with van der Waals surface area (Å²) in [5.74, 6) is -2.57. The van der Waals surface area contributed by atoms with Gasteiger partial charge >= 0.3 is 0 Å². The molecular weight excluding hydrogens is 414 g/mol. The highest BCUT2D eigenvalue weighted by Gasteiger charge is 2.28. The fourth-order valence-electron chi connectivity index (χ4n) is 4.10. The van der Waals surface area contributed by atoms with E-state index in [1.54, 1.807) is 0 Å². The Labute approximate surface area is 176 Å². The minimum absolute atomic E-state index is 0.0158. The molecule has 2 aliphatic heterocycles. The van der Waals surface area contributed by atoms with Gasteiger partial charge in [0.15, 0.2) is 11.6 Å². The lowest BCUT2D eigenvalue weighted by atomic mass is 9.98. The van der Waals surface area contributed by atoms with Crippen LogP contribution in [0.25, 0.3) is 0 Å². The number of piperidine rings is 2. The van der Waals surface area contributed by atoms with E-state index in [1.165, 1.54) is 12.8 Å². The Bertz CT molecular complexity index is 836. The van der Waals surface area contributed by atoms with E-state index in [0.717, 1.165) is 51.2 Å². The Hall–Kier alpha value is -1.62. The van der Waals surface area contributed by atoms with Crippen molar-refractivity contribution in [2.45, 2.75) is 49.1 Å². The lowest BCUT2D eigenvalue weighted by molar-refractivity contribution is -0.122. The molecule has 30 heavy (non-hydrogen) atoms. The van der Waals surface area contributed by atoms with Crippen LogP contribution in [-0.4, -0.2) is 76.0 Å². The molecule has 1 amide bonds. The molecule has 2 heterocycles. The number of rotatable bonds is 7. The van der Waals surface area contributed by atoms with Gasteiger partial charge in [-0.2, -0.15) is 0 Å². The van der Waals surface area contributed by atoms with Gasteiger partial charge in [-0.25, -0.2) is 21.9 Å². The second-order valence-electron chi connectivity index (χ2n) is 8.14. The molecule has 0 radical (unpaired) electrons. The van der Waals surface area contributed by atoms with Crippen molar-refractivity contribution in [1.29, 1.82) is 0 Å². The molecule has 168 valence electrons. The first kappa shape index (κ1) is 23.1. The summed E-state index contributed by atoms with van der Waals surface area (Å²) in [5, 5.41) is 2.97. The largest absolute Gasteiger partial charge is 0.353 e. The molecule has 3 rings (SSSR count). The van der Waals surface area contributed by atoms with Gasteiger partial charge in [0.25, 0.3) is 0 Å². The maximum Gasteiger partial charge on any atom is 0.240 e. The van der Waals surface area contributed by atoms with Gasteiger partial charge < -0.3 is 15.1 Å². The molecule has 0 unspecified atom stereocenters. The molecule has 0 atom stereocenters. The monoisotopic (exact) mass is 444 g/mol. The lowest BCUT2D eigenvalue weighted by Crippen LogP contribution is -2.50. The van der Waals surface area contributed by atoms with Gasteiger partial charge in [0.05, 0.1) is 4.90 Å². The SMILES string of the molecule is CN1CCC(N2CCC(NC(=O)CCNS(=O)(=O)c3ccc(F)c(F)c3)CC2)CC1. The minimum atomic E-state index is -4.00. The zero-order chi connectivity index (χ0) is 21.7. The van der Waals surface area contributed by atoms with Crippen molar-refractivity contribution in [3.8, 4) is 0 Å². The predicted molar refractivity (Wildman–Crippen MR) is 109 cm³/mol. The van der Waals surface area contributed by atoms with Crippen molar-refractivity contribution in [3.63, 3.8) is 0 Å². The third-order valence-electron chi connectivity index (χ3n) is 5.94. The summed E-state index contributed by atoms with van der Waals surface area (Å²) >= 11 is 0. The molecule has 10 heteroatoms. The smallest absolute Gasteiger partial charge is 0.240 e. The number of nitrogens with zero attached hydrogens (tertiary/aromatic N) is 2. The summed E-state index contributed by atoms with van der Waals surface area (Å²) in [6.45, 7) is 4.06. The van der Waals surface area contributed by atoms with E-state index in [-0.39, 0.29) is 29.8 Å². The quantitative estimate of drug-likeness (QED) is 0.663. The van der Waals surface area contributed by atoms with Gasteiger partial charge in [-0.15, -0.1) is 0 Å². The molecule has 2 saturated heterocycles. The van der Waals surface area contributed by atoms with Crippen LogP contribution in [0.3, 0.4) is 0 Å². The first-order valence-corrected chi connectivity index (χ1v) is 11.9. The summed E-state index contributed by atoms with van der Waals surface area (Å²) in [5.41, 5.74) is 0. The topological polar surface area (TPSA) is 81.8 Å². The third-order valence-corrected chi connectivity index (χ3v) is 7.40.